The molecule has 14 heavy (non-hydrogen) atoms. The Morgan fingerprint density at radius 2 is 2.57 bits per heavy atom. The summed E-state index contributed by atoms with van der Waals surface area (Å²) >= 11 is 0. The van der Waals surface area contributed by atoms with Gasteiger partial charge in [-0.15, -0.1) is 0 Å². The van der Waals surface area contributed by atoms with Crippen LogP contribution in [0.3, 0.4) is 0 Å². The second-order valence-electron chi connectivity index (χ2n) is 3.82. The molecule has 0 spiro atoms. The molecular weight excluding hydrogens is 180 g/mol. The lowest BCUT2D eigenvalue weighted by Crippen LogP contribution is -2.41. The molecule has 0 radical (unpaired) electrons. The first-order valence-electron chi connectivity index (χ1n) is 4.99. The Balaban J connectivity index is 1.99. The minimum Gasteiger partial charge on any atom is -0.393 e. The molecule has 1 aromatic rings. The Hall–Kier alpha value is -0.940. The number of aromatic nitrogens is 3. The Kier molecular flexibility index (Phi) is 2.79. The lowest BCUT2D eigenvalue weighted by molar-refractivity contribution is 0.0777. The molecule has 1 aliphatic rings. The van der Waals surface area contributed by atoms with Crippen molar-refractivity contribution >= 4 is 0 Å². The minimum atomic E-state index is -0.201. The van der Waals surface area contributed by atoms with E-state index in [1.807, 2.05) is 7.05 Å². The van der Waals surface area contributed by atoms with Crippen molar-refractivity contribution in [1.82, 2.24) is 20.1 Å². The summed E-state index contributed by atoms with van der Waals surface area (Å²) in [6.07, 6.45) is 2.98. The normalized spacial score (nSPS) is 27.9. The number of aliphatic hydroxyl groups is 1. The summed E-state index contributed by atoms with van der Waals surface area (Å²) in [6.45, 7) is 1.78. The molecule has 0 amide bonds. The molecule has 2 N–H and O–H groups in total. The van der Waals surface area contributed by atoms with Gasteiger partial charge in [-0.25, -0.2) is 4.98 Å². The maximum absolute atomic E-state index is 9.76. The van der Waals surface area contributed by atoms with Gasteiger partial charge in [0, 0.05) is 25.9 Å². The zero-order chi connectivity index (χ0) is 9.97. The molecule has 2 rings (SSSR count). The topological polar surface area (TPSA) is 63.0 Å². The summed E-state index contributed by atoms with van der Waals surface area (Å²) in [7, 11) is 1.88. The summed E-state index contributed by atoms with van der Waals surface area (Å²) in [5, 5.41) is 17.1. The van der Waals surface area contributed by atoms with Crippen LogP contribution in [-0.2, 0) is 13.5 Å². The van der Waals surface area contributed by atoms with Crippen LogP contribution in [0.5, 0.6) is 0 Å². The van der Waals surface area contributed by atoms with Gasteiger partial charge in [0.25, 0.3) is 0 Å². The molecule has 1 saturated heterocycles. The molecule has 2 unspecified atom stereocenters. The van der Waals surface area contributed by atoms with Crippen molar-refractivity contribution in [3.63, 3.8) is 0 Å². The highest BCUT2D eigenvalue weighted by atomic mass is 16.3. The van der Waals surface area contributed by atoms with E-state index in [-0.39, 0.29) is 12.0 Å². The van der Waals surface area contributed by atoms with Crippen LogP contribution in [-0.4, -0.2) is 39.1 Å². The summed E-state index contributed by atoms with van der Waals surface area (Å²) in [5.41, 5.74) is 0. The standard InChI is InChI=1S/C9H16N4O/c1-13-9(11-6-12-13)4-7-5-10-3-2-8(7)14/h6-8,10,14H,2-5H2,1H3. The van der Waals surface area contributed by atoms with Crippen LogP contribution in [0.1, 0.15) is 12.2 Å². The number of nitrogens with one attached hydrogen (secondary N) is 1. The van der Waals surface area contributed by atoms with Crippen molar-refractivity contribution in [1.29, 1.82) is 0 Å². The second-order valence-corrected chi connectivity index (χ2v) is 3.82. The fourth-order valence-electron chi connectivity index (χ4n) is 1.86. The Morgan fingerprint density at radius 1 is 1.71 bits per heavy atom. The molecule has 0 bridgehead atoms. The Labute approximate surface area is 83.2 Å². The van der Waals surface area contributed by atoms with Crippen LogP contribution in [0.4, 0.5) is 0 Å². The maximum atomic E-state index is 9.76. The number of nitrogens with zero attached hydrogens (tertiary/aromatic N) is 3. The number of rotatable bonds is 2. The summed E-state index contributed by atoms with van der Waals surface area (Å²) in [6, 6.07) is 0. The monoisotopic (exact) mass is 196 g/mol. The van der Waals surface area contributed by atoms with Crippen molar-refractivity contribution < 1.29 is 5.11 Å². The van der Waals surface area contributed by atoms with Gasteiger partial charge in [0.05, 0.1) is 6.10 Å². The predicted molar refractivity (Wildman–Crippen MR) is 51.7 cm³/mol. The predicted octanol–water partition coefficient (Wildman–Crippen LogP) is -0.672. The SMILES string of the molecule is Cn1ncnc1CC1CNCCC1O. The van der Waals surface area contributed by atoms with Gasteiger partial charge in [-0.2, -0.15) is 5.10 Å². The minimum absolute atomic E-state index is 0.201. The summed E-state index contributed by atoms with van der Waals surface area (Å²) in [4.78, 5) is 4.16. The van der Waals surface area contributed by atoms with Gasteiger partial charge >= 0.3 is 0 Å². The first-order valence-corrected chi connectivity index (χ1v) is 4.99. The van der Waals surface area contributed by atoms with E-state index in [1.54, 1.807) is 11.0 Å². The third kappa shape index (κ3) is 1.93. The van der Waals surface area contributed by atoms with Gasteiger partial charge < -0.3 is 10.4 Å². The van der Waals surface area contributed by atoms with Gasteiger partial charge in [-0.1, -0.05) is 0 Å². The first-order chi connectivity index (χ1) is 6.77. The molecule has 2 atom stereocenters. The van der Waals surface area contributed by atoms with Crippen LogP contribution in [0, 0.1) is 5.92 Å². The van der Waals surface area contributed by atoms with Crippen LogP contribution in [0.15, 0.2) is 6.33 Å². The maximum Gasteiger partial charge on any atom is 0.138 e. The van der Waals surface area contributed by atoms with Crippen molar-refractivity contribution in [2.24, 2.45) is 13.0 Å². The van der Waals surface area contributed by atoms with Crippen LogP contribution >= 0.6 is 0 Å². The average molecular weight is 196 g/mol. The van der Waals surface area contributed by atoms with Gasteiger partial charge in [0.15, 0.2) is 0 Å². The lowest BCUT2D eigenvalue weighted by Gasteiger charge is -2.27. The van der Waals surface area contributed by atoms with E-state index in [0.29, 0.717) is 0 Å². The average Bonchev–Trinajstić information content (AvgIpc) is 2.56. The molecule has 0 saturated carbocycles. The highest BCUT2D eigenvalue weighted by Crippen LogP contribution is 2.15. The quantitative estimate of drug-likeness (QED) is 0.658. The highest BCUT2D eigenvalue weighted by Gasteiger charge is 2.24. The van der Waals surface area contributed by atoms with Gasteiger partial charge in [-0.05, 0) is 13.0 Å². The van der Waals surface area contributed by atoms with Crippen molar-refractivity contribution in [2.45, 2.75) is 18.9 Å². The fourth-order valence-corrected chi connectivity index (χ4v) is 1.86. The fraction of sp³-hybridized carbons (Fsp3) is 0.778. The highest BCUT2D eigenvalue weighted by molar-refractivity contribution is 4.90. The van der Waals surface area contributed by atoms with Crippen molar-refractivity contribution in [3.8, 4) is 0 Å². The van der Waals surface area contributed by atoms with E-state index in [1.165, 1.54) is 0 Å². The van der Waals surface area contributed by atoms with Crippen molar-refractivity contribution in [2.75, 3.05) is 13.1 Å². The van der Waals surface area contributed by atoms with E-state index in [4.69, 9.17) is 0 Å². The van der Waals surface area contributed by atoms with E-state index in [9.17, 15) is 5.11 Å². The zero-order valence-electron chi connectivity index (χ0n) is 8.35. The molecule has 5 heteroatoms. The van der Waals surface area contributed by atoms with Gasteiger partial charge in [0.2, 0.25) is 0 Å². The molecule has 1 fully saturated rings. The third-order valence-electron chi connectivity index (χ3n) is 2.82. The van der Waals surface area contributed by atoms with Crippen LogP contribution < -0.4 is 5.32 Å². The Morgan fingerprint density at radius 3 is 3.21 bits per heavy atom. The molecule has 1 aromatic heterocycles. The molecular formula is C9H16N4O. The van der Waals surface area contributed by atoms with E-state index >= 15 is 0 Å². The first kappa shape index (κ1) is 9.61. The molecule has 0 aromatic carbocycles. The number of piperidine rings is 1. The van der Waals surface area contributed by atoms with Gasteiger partial charge in [-0.3, -0.25) is 4.68 Å². The molecule has 0 aliphatic carbocycles. The van der Waals surface area contributed by atoms with E-state index in [0.717, 1.165) is 31.8 Å². The number of aliphatic hydroxyl groups excluding tert-OH is 1. The van der Waals surface area contributed by atoms with Crippen LogP contribution in [0.2, 0.25) is 0 Å². The largest absolute Gasteiger partial charge is 0.393 e. The zero-order valence-corrected chi connectivity index (χ0v) is 8.35. The second kappa shape index (κ2) is 4.06. The number of hydrogen-bond acceptors (Lipinski definition) is 4. The number of hydrogen-bond donors (Lipinski definition) is 2. The number of aryl methyl sites for hydroxylation is 1. The summed E-state index contributed by atoms with van der Waals surface area (Å²) < 4.78 is 1.77. The van der Waals surface area contributed by atoms with E-state index in [2.05, 4.69) is 15.4 Å². The third-order valence-corrected chi connectivity index (χ3v) is 2.82. The van der Waals surface area contributed by atoms with E-state index < -0.39 is 0 Å². The molecule has 1 aliphatic heterocycles. The smallest absolute Gasteiger partial charge is 0.138 e. The van der Waals surface area contributed by atoms with Gasteiger partial charge in [0.1, 0.15) is 12.2 Å². The van der Waals surface area contributed by atoms with Crippen molar-refractivity contribution in [3.05, 3.63) is 12.2 Å². The lowest BCUT2D eigenvalue weighted by atomic mass is 9.93. The molecule has 78 valence electrons. The Bertz CT molecular complexity index is 299. The molecule has 2 heterocycles. The van der Waals surface area contributed by atoms with Crippen LogP contribution in [0.25, 0.3) is 0 Å². The molecule has 5 nitrogen and oxygen atoms in total. The summed E-state index contributed by atoms with van der Waals surface area (Å²) in [5.74, 6) is 1.21.